The van der Waals surface area contributed by atoms with Crippen molar-refractivity contribution in [2.24, 2.45) is 0 Å². The first kappa shape index (κ1) is 14.9. The highest BCUT2D eigenvalue weighted by Crippen LogP contribution is 2.08. The molecule has 0 bridgehead atoms. The second kappa shape index (κ2) is 8.90. The van der Waals surface area contributed by atoms with Crippen molar-refractivity contribution in [1.29, 1.82) is 0 Å². The molecule has 3 nitrogen and oxygen atoms in total. The van der Waals surface area contributed by atoms with Crippen LogP contribution in [0.4, 0.5) is 0 Å². The third kappa shape index (κ3) is 5.84. The predicted molar refractivity (Wildman–Crippen MR) is 75.5 cm³/mol. The summed E-state index contributed by atoms with van der Waals surface area (Å²) in [6, 6.07) is 0.746. The lowest BCUT2D eigenvalue weighted by Crippen LogP contribution is -2.37. The molecule has 1 fully saturated rings. The van der Waals surface area contributed by atoms with Crippen LogP contribution in [0.1, 0.15) is 40.0 Å². The SMILES string of the molecule is CCCNC1CCN(CCN(CC)CCC)C1. The summed E-state index contributed by atoms with van der Waals surface area (Å²) in [7, 11) is 0. The van der Waals surface area contributed by atoms with E-state index < -0.39 is 0 Å². The average Bonchev–Trinajstić information content (AvgIpc) is 2.80. The molecule has 0 saturated carbocycles. The van der Waals surface area contributed by atoms with Gasteiger partial charge in [-0.2, -0.15) is 0 Å². The monoisotopic (exact) mass is 241 g/mol. The molecule has 0 amide bonds. The molecule has 3 heteroatoms. The van der Waals surface area contributed by atoms with Gasteiger partial charge in [0, 0.05) is 25.7 Å². The van der Waals surface area contributed by atoms with Crippen LogP contribution in [-0.4, -0.2) is 61.7 Å². The Kier molecular flexibility index (Phi) is 7.82. The number of likely N-dealkylation sites (tertiary alicyclic amines) is 1. The maximum absolute atomic E-state index is 3.63. The lowest BCUT2D eigenvalue weighted by molar-refractivity contribution is 0.230. The van der Waals surface area contributed by atoms with Crippen LogP contribution in [0.3, 0.4) is 0 Å². The van der Waals surface area contributed by atoms with E-state index in [1.807, 2.05) is 0 Å². The van der Waals surface area contributed by atoms with Gasteiger partial charge in [0.25, 0.3) is 0 Å². The fourth-order valence-corrected chi connectivity index (χ4v) is 2.58. The molecule has 0 aliphatic carbocycles. The molecule has 102 valence electrons. The zero-order valence-electron chi connectivity index (χ0n) is 12.0. The van der Waals surface area contributed by atoms with Gasteiger partial charge in [0.2, 0.25) is 0 Å². The zero-order chi connectivity index (χ0) is 12.5. The third-order valence-electron chi connectivity index (χ3n) is 3.67. The van der Waals surface area contributed by atoms with Crippen LogP contribution in [0, 0.1) is 0 Å². The van der Waals surface area contributed by atoms with Crippen LogP contribution in [-0.2, 0) is 0 Å². The number of hydrogen-bond acceptors (Lipinski definition) is 3. The third-order valence-corrected chi connectivity index (χ3v) is 3.67. The summed E-state index contributed by atoms with van der Waals surface area (Å²) in [6.07, 6.45) is 3.85. The molecule has 0 aromatic rings. The fourth-order valence-electron chi connectivity index (χ4n) is 2.58. The van der Waals surface area contributed by atoms with Crippen LogP contribution in [0.5, 0.6) is 0 Å². The lowest BCUT2D eigenvalue weighted by Gasteiger charge is -2.23. The summed E-state index contributed by atoms with van der Waals surface area (Å²) in [6.45, 7) is 15.4. The second-order valence-electron chi connectivity index (χ2n) is 5.17. The molecule has 17 heavy (non-hydrogen) atoms. The Morgan fingerprint density at radius 3 is 2.65 bits per heavy atom. The minimum absolute atomic E-state index is 0.746. The molecule has 1 rings (SSSR count). The summed E-state index contributed by atoms with van der Waals surface area (Å²) in [5, 5.41) is 3.63. The summed E-state index contributed by atoms with van der Waals surface area (Å²) >= 11 is 0. The fraction of sp³-hybridized carbons (Fsp3) is 1.00. The molecule has 1 atom stereocenters. The Bertz CT molecular complexity index is 184. The van der Waals surface area contributed by atoms with E-state index in [4.69, 9.17) is 0 Å². The van der Waals surface area contributed by atoms with Gasteiger partial charge in [-0.3, -0.25) is 0 Å². The highest BCUT2D eigenvalue weighted by molar-refractivity contribution is 4.81. The van der Waals surface area contributed by atoms with Gasteiger partial charge in [0.15, 0.2) is 0 Å². The van der Waals surface area contributed by atoms with Crippen molar-refractivity contribution >= 4 is 0 Å². The number of nitrogens with zero attached hydrogens (tertiary/aromatic N) is 2. The molecular formula is C14H31N3. The largest absolute Gasteiger partial charge is 0.313 e. The van der Waals surface area contributed by atoms with Crippen molar-refractivity contribution in [2.45, 2.75) is 46.1 Å². The first-order chi connectivity index (χ1) is 8.30. The molecule has 0 aromatic heterocycles. The van der Waals surface area contributed by atoms with Crippen LogP contribution in [0.25, 0.3) is 0 Å². The van der Waals surface area contributed by atoms with Crippen molar-refractivity contribution in [1.82, 2.24) is 15.1 Å². The standard InChI is InChI=1S/C14H31N3/c1-4-8-15-14-7-10-17(13-14)12-11-16(6-3)9-5-2/h14-15H,4-13H2,1-3H3. The highest BCUT2D eigenvalue weighted by Gasteiger charge is 2.21. The molecule has 1 heterocycles. The van der Waals surface area contributed by atoms with Crippen molar-refractivity contribution < 1.29 is 0 Å². The summed E-state index contributed by atoms with van der Waals surface area (Å²) in [5.74, 6) is 0. The number of nitrogens with one attached hydrogen (secondary N) is 1. The normalized spacial score (nSPS) is 21.5. The zero-order valence-corrected chi connectivity index (χ0v) is 12.0. The first-order valence-corrected chi connectivity index (χ1v) is 7.48. The van der Waals surface area contributed by atoms with Crippen LogP contribution >= 0.6 is 0 Å². The summed E-state index contributed by atoms with van der Waals surface area (Å²) in [5.41, 5.74) is 0. The minimum atomic E-state index is 0.746. The molecule has 0 spiro atoms. The van der Waals surface area contributed by atoms with E-state index in [0.29, 0.717) is 0 Å². The number of hydrogen-bond donors (Lipinski definition) is 1. The van der Waals surface area contributed by atoms with Gasteiger partial charge < -0.3 is 15.1 Å². The van der Waals surface area contributed by atoms with Gasteiger partial charge in [-0.15, -0.1) is 0 Å². The van der Waals surface area contributed by atoms with Crippen molar-refractivity contribution in [3.63, 3.8) is 0 Å². The van der Waals surface area contributed by atoms with Crippen molar-refractivity contribution in [3.8, 4) is 0 Å². The van der Waals surface area contributed by atoms with Crippen LogP contribution < -0.4 is 5.32 Å². The topological polar surface area (TPSA) is 18.5 Å². The maximum Gasteiger partial charge on any atom is 0.0207 e. The van der Waals surface area contributed by atoms with E-state index >= 15 is 0 Å². The van der Waals surface area contributed by atoms with E-state index in [-0.39, 0.29) is 0 Å². The quantitative estimate of drug-likeness (QED) is 0.664. The molecule has 1 aliphatic heterocycles. The Morgan fingerprint density at radius 2 is 2.00 bits per heavy atom. The smallest absolute Gasteiger partial charge is 0.0207 e. The Labute approximate surface area is 108 Å². The summed E-state index contributed by atoms with van der Waals surface area (Å²) < 4.78 is 0. The molecule has 1 N–H and O–H groups in total. The lowest BCUT2D eigenvalue weighted by atomic mass is 10.2. The molecule has 0 radical (unpaired) electrons. The van der Waals surface area contributed by atoms with Gasteiger partial charge in [-0.25, -0.2) is 0 Å². The highest BCUT2D eigenvalue weighted by atomic mass is 15.2. The molecule has 0 aromatic carbocycles. The summed E-state index contributed by atoms with van der Waals surface area (Å²) in [4.78, 5) is 5.18. The van der Waals surface area contributed by atoms with Gasteiger partial charge in [-0.1, -0.05) is 20.8 Å². The molecular weight excluding hydrogens is 210 g/mol. The van der Waals surface area contributed by atoms with E-state index in [2.05, 4.69) is 35.9 Å². The number of rotatable bonds is 9. The van der Waals surface area contributed by atoms with E-state index in [1.54, 1.807) is 0 Å². The maximum atomic E-state index is 3.63. The van der Waals surface area contributed by atoms with E-state index in [0.717, 1.165) is 6.04 Å². The average molecular weight is 241 g/mol. The Balaban J connectivity index is 2.12. The van der Waals surface area contributed by atoms with Crippen molar-refractivity contribution in [2.75, 3.05) is 45.8 Å². The Hall–Kier alpha value is -0.120. The first-order valence-electron chi connectivity index (χ1n) is 7.48. The second-order valence-corrected chi connectivity index (χ2v) is 5.17. The minimum Gasteiger partial charge on any atom is -0.313 e. The van der Waals surface area contributed by atoms with E-state index in [1.165, 1.54) is 65.1 Å². The van der Waals surface area contributed by atoms with Crippen LogP contribution in [0.2, 0.25) is 0 Å². The van der Waals surface area contributed by atoms with Crippen LogP contribution in [0.15, 0.2) is 0 Å². The van der Waals surface area contributed by atoms with E-state index in [9.17, 15) is 0 Å². The molecule has 1 aliphatic rings. The predicted octanol–water partition coefficient (Wildman–Crippen LogP) is 1.79. The van der Waals surface area contributed by atoms with Gasteiger partial charge in [0.05, 0.1) is 0 Å². The molecule has 1 unspecified atom stereocenters. The molecule has 1 saturated heterocycles. The van der Waals surface area contributed by atoms with Gasteiger partial charge in [-0.05, 0) is 45.4 Å². The Morgan fingerprint density at radius 1 is 1.18 bits per heavy atom. The number of likely N-dealkylation sites (N-methyl/N-ethyl adjacent to an activating group) is 1. The van der Waals surface area contributed by atoms with Crippen molar-refractivity contribution in [3.05, 3.63) is 0 Å². The van der Waals surface area contributed by atoms with Gasteiger partial charge in [0.1, 0.15) is 0 Å². The van der Waals surface area contributed by atoms with Gasteiger partial charge >= 0.3 is 0 Å².